The zero-order valence-electron chi connectivity index (χ0n) is 23.1. The van der Waals surface area contributed by atoms with Crippen molar-refractivity contribution in [3.05, 3.63) is 47.6 Å². The summed E-state index contributed by atoms with van der Waals surface area (Å²) in [6.45, 7) is 17.6. The van der Waals surface area contributed by atoms with E-state index in [1.54, 1.807) is 5.57 Å². The summed E-state index contributed by atoms with van der Waals surface area (Å²) >= 11 is 0. The van der Waals surface area contributed by atoms with E-state index in [-0.39, 0.29) is 18.3 Å². The zero-order valence-corrected chi connectivity index (χ0v) is 23.1. The molecule has 4 rings (SSSR count). The molecule has 4 aliphatic carbocycles. The molecule has 3 nitrogen and oxygen atoms in total. The van der Waals surface area contributed by atoms with Crippen LogP contribution in [0.4, 0.5) is 0 Å². The molecule has 0 aromatic carbocycles. The van der Waals surface area contributed by atoms with E-state index >= 15 is 0 Å². The van der Waals surface area contributed by atoms with Crippen molar-refractivity contribution >= 4 is 6.29 Å². The average molecular weight is 483 g/mol. The maximum absolute atomic E-state index is 10.2. The Hall–Kier alpha value is -1.45. The molecule has 0 heterocycles. The number of fused-ring (bicyclic) bond motifs is 5. The molecule has 0 aromatic rings. The molecule has 3 fully saturated rings. The number of rotatable bonds is 6. The Balaban J connectivity index is 0.000000509. The molecular weight excluding hydrogens is 432 g/mol. The van der Waals surface area contributed by atoms with E-state index < -0.39 is 0 Å². The van der Waals surface area contributed by atoms with E-state index in [1.165, 1.54) is 37.7 Å². The average Bonchev–Trinajstić information content (AvgIpc) is 3.19. The quantitative estimate of drug-likeness (QED) is 0.242. The maximum atomic E-state index is 10.2. The highest BCUT2D eigenvalue weighted by Gasteiger charge is 2.56. The van der Waals surface area contributed by atoms with Gasteiger partial charge in [-0.05, 0) is 91.3 Å². The van der Waals surface area contributed by atoms with Crippen LogP contribution in [0.5, 0.6) is 0 Å². The minimum Gasteiger partial charge on any atom is -0.393 e. The van der Waals surface area contributed by atoms with Crippen molar-refractivity contribution in [1.29, 1.82) is 0 Å². The number of carbonyl (C=O) groups is 1. The Morgan fingerprint density at radius 2 is 1.77 bits per heavy atom. The summed E-state index contributed by atoms with van der Waals surface area (Å²) in [5, 5.41) is 18.2. The molecular formula is C32H50O3. The molecule has 0 aliphatic heterocycles. The molecule has 196 valence electrons. The van der Waals surface area contributed by atoms with Gasteiger partial charge >= 0.3 is 0 Å². The number of carbonyl (C=O) groups excluding carboxylic acids is 1. The number of aliphatic hydroxyl groups is 2. The predicted octanol–water partition coefficient (Wildman–Crippen LogP) is 7.06. The second-order valence-electron chi connectivity index (χ2n) is 12.8. The molecule has 2 N–H and O–H groups in total. The van der Waals surface area contributed by atoms with Gasteiger partial charge in [-0.1, -0.05) is 83.6 Å². The van der Waals surface area contributed by atoms with Crippen LogP contribution in [0.15, 0.2) is 47.6 Å². The molecule has 8 atom stereocenters. The largest absolute Gasteiger partial charge is 0.393 e. The van der Waals surface area contributed by atoms with Crippen molar-refractivity contribution in [2.75, 3.05) is 6.61 Å². The zero-order chi connectivity index (χ0) is 26.0. The van der Waals surface area contributed by atoms with E-state index in [0.29, 0.717) is 29.0 Å². The summed E-state index contributed by atoms with van der Waals surface area (Å²) in [6.07, 6.45) is 18.9. The third-order valence-corrected chi connectivity index (χ3v) is 10.4. The Morgan fingerprint density at radius 3 is 2.37 bits per heavy atom. The van der Waals surface area contributed by atoms with Gasteiger partial charge in [0.2, 0.25) is 0 Å². The second-order valence-corrected chi connectivity index (χ2v) is 12.8. The summed E-state index contributed by atoms with van der Waals surface area (Å²) in [5.41, 5.74) is 4.29. The van der Waals surface area contributed by atoms with Crippen LogP contribution in [0.2, 0.25) is 0 Å². The van der Waals surface area contributed by atoms with Gasteiger partial charge in [0, 0.05) is 5.57 Å². The fourth-order valence-electron chi connectivity index (χ4n) is 7.63. The molecule has 0 aromatic heterocycles. The van der Waals surface area contributed by atoms with Gasteiger partial charge in [0.25, 0.3) is 0 Å². The van der Waals surface area contributed by atoms with Crippen molar-refractivity contribution in [1.82, 2.24) is 0 Å². The standard InChI is InChI=1S/C28H44O.C4H6O2/c1-18(2)19(3)7-8-20(4)24-11-12-25-23-10-9-21-17-22(29)13-15-27(21,5)26(23)14-16-28(24,25)6;1-4(2-5)3-6/h7-10,18-20,22,24-26,29H,11-17H2,1-6H3;2,6H,1,3H2/b8-7+;/t19-,20+,22?,24?,25?,26?,27?,28?;/m0./s1. The normalized spacial score (nSPS) is 37.7. The highest BCUT2D eigenvalue weighted by molar-refractivity contribution is 5.72. The minimum atomic E-state index is -0.233. The Bertz CT molecular complexity index is 864. The summed E-state index contributed by atoms with van der Waals surface area (Å²) in [5.74, 6) is 4.38. The monoisotopic (exact) mass is 482 g/mol. The van der Waals surface area contributed by atoms with Crippen molar-refractivity contribution in [2.24, 2.45) is 46.3 Å². The van der Waals surface area contributed by atoms with E-state index in [1.807, 2.05) is 0 Å². The fraction of sp³-hybridized carbons (Fsp3) is 0.719. The smallest absolute Gasteiger partial charge is 0.147 e. The molecule has 3 heteroatoms. The number of aliphatic hydroxyl groups excluding tert-OH is 2. The molecule has 0 saturated heterocycles. The van der Waals surface area contributed by atoms with Crippen molar-refractivity contribution in [2.45, 2.75) is 92.6 Å². The van der Waals surface area contributed by atoms with Crippen LogP contribution < -0.4 is 0 Å². The minimum absolute atomic E-state index is 0.116. The Labute approximate surface area is 214 Å². The highest BCUT2D eigenvalue weighted by Crippen LogP contribution is 2.65. The topological polar surface area (TPSA) is 57.5 Å². The van der Waals surface area contributed by atoms with E-state index in [2.05, 4.69) is 72.4 Å². The van der Waals surface area contributed by atoms with Crippen molar-refractivity contribution in [3.8, 4) is 0 Å². The molecule has 0 amide bonds. The first-order valence-electron chi connectivity index (χ1n) is 14.0. The molecule has 0 radical (unpaired) electrons. The molecule has 35 heavy (non-hydrogen) atoms. The molecule has 6 unspecified atom stereocenters. The van der Waals surface area contributed by atoms with Crippen LogP contribution in [-0.4, -0.2) is 29.2 Å². The molecule has 4 aliphatic rings. The first-order valence-corrected chi connectivity index (χ1v) is 14.0. The number of allylic oxidation sites excluding steroid dienone is 5. The van der Waals surface area contributed by atoms with Crippen LogP contribution in [0.3, 0.4) is 0 Å². The number of aldehydes is 1. The number of hydrogen-bond donors (Lipinski definition) is 2. The first-order chi connectivity index (χ1) is 16.5. The fourth-order valence-corrected chi connectivity index (χ4v) is 7.63. The number of hydrogen-bond acceptors (Lipinski definition) is 3. The SMILES string of the molecule is C=C(C=O)CO.CC(C)[C@@H](C)/C=C/[C@@H](C)C1CCC2C3=CC=C4CC(O)CCC4(C)C3CCC21C. The lowest BCUT2D eigenvalue weighted by Crippen LogP contribution is -2.46. The summed E-state index contributed by atoms with van der Waals surface area (Å²) < 4.78 is 0. The Morgan fingerprint density at radius 1 is 1.06 bits per heavy atom. The van der Waals surface area contributed by atoms with Gasteiger partial charge in [-0.3, -0.25) is 4.79 Å². The van der Waals surface area contributed by atoms with Crippen LogP contribution >= 0.6 is 0 Å². The van der Waals surface area contributed by atoms with Crippen LogP contribution in [0.1, 0.15) is 86.5 Å². The second kappa shape index (κ2) is 11.3. The van der Waals surface area contributed by atoms with Gasteiger partial charge in [0.1, 0.15) is 6.29 Å². The van der Waals surface area contributed by atoms with Gasteiger partial charge < -0.3 is 10.2 Å². The molecule has 3 saturated carbocycles. The van der Waals surface area contributed by atoms with Crippen molar-refractivity contribution < 1.29 is 15.0 Å². The van der Waals surface area contributed by atoms with E-state index in [4.69, 9.17) is 5.11 Å². The third-order valence-electron chi connectivity index (χ3n) is 10.4. The Kier molecular flexibility index (Phi) is 9.08. The highest BCUT2D eigenvalue weighted by atomic mass is 16.3. The molecule has 0 bridgehead atoms. The van der Waals surface area contributed by atoms with Crippen LogP contribution in [-0.2, 0) is 4.79 Å². The lowest BCUT2D eigenvalue weighted by atomic mass is 9.50. The van der Waals surface area contributed by atoms with Gasteiger partial charge in [-0.15, -0.1) is 0 Å². The third kappa shape index (κ3) is 5.62. The van der Waals surface area contributed by atoms with E-state index in [0.717, 1.165) is 36.5 Å². The van der Waals surface area contributed by atoms with Gasteiger partial charge in [-0.25, -0.2) is 0 Å². The summed E-state index contributed by atoms with van der Waals surface area (Å²) in [4.78, 5) is 9.48. The molecule has 0 spiro atoms. The summed E-state index contributed by atoms with van der Waals surface area (Å²) in [7, 11) is 0. The van der Waals surface area contributed by atoms with Gasteiger partial charge in [-0.2, -0.15) is 0 Å². The maximum Gasteiger partial charge on any atom is 0.147 e. The van der Waals surface area contributed by atoms with E-state index in [9.17, 15) is 9.90 Å². The lowest BCUT2D eigenvalue weighted by molar-refractivity contribution is -0.105. The summed E-state index contributed by atoms with van der Waals surface area (Å²) in [6, 6.07) is 0. The first kappa shape index (κ1) is 28.1. The van der Waals surface area contributed by atoms with Crippen molar-refractivity contribution in [3.63, 3.8) is 0 Å². The predicted molar refractivity (Wildman–Crippen MR) is 146 cm³/mol. The van der Waals surface area contributed by atoms with Crippen LogP contribution in [0, 0.1) is 46.3 Å². The van der Waals surface area contributed by atoms with Gasteiger partial charge in [0.15, 0.2) is 0 Å². The van der Waals surface area contributed by atoms with Gasteiger partial charge in [0.05, 0.1) is 12.7 Å². The lowest BCUT2D eigenvalue weighted by Gasteiger charge is -2.55. The van der Waals surface area contributed by atoms with Crippen LogP contribution in [0.25, 0.3) is 0 Å².